The van der Waals surface area contributed by atoms with Gasteiger partial charge in [-0.1, -0.05) is 0 Å². The van der Waals surface area contributed by atoms with Gasteiger partial charge in [0.2, 0.25) is 5.88 Å². The highest BCUT2D eigenvalue weighted by Crippen LogP contribution is 2.25. The van der Waals surface area contributed by atoms with Crippen molar-refractivity contribution in [1.29, 1.82) is 0 Å². The Bertz CT molecular complexity index is 503. The maximum atomic E-state index is 11.8. The molecule has 1 aliphatic carbocycles. The molecule has 0 spiro atoms. The molecule has 1 fully saturated rings. The first-order valence-corrected chi connectivity index (χ1v) is 6.97. The molecular weight excluding hydrogens is 274 g/mol. The van der Waals surface area contributed by atoms with Crippen LogP contribution in [0.4, 0.5) is 10.5 Å². The summed E-state index contributed by atoms with van der Waals surface area (Å²) in [4.78, 5) is 26.7. The van der Waals surface area contributed by atoms with Gasteiger partial charge < -0.3 is 20.5 Å². The summed E-state index contributed by atoms with van der Waals surface area (Å²) >= 11 is 0. The van der Waals surface area contributed by atoms with Gasteiger partial charge in [-0.2, -0.15) is 0 Å². The Labute approximate surface area is 122 Å². The fourth-order valence-electron chi connectivity index (χ4n) is 2.38. The summed E-state index contributed by atoms with van der Waals surface area (Å²) in [6.07, 6.45) is 3.28. The van der Waals surface area contributed by atoms with Gasteiger partial charge in [-0.05, 0) is 32.3 Å². The van der Waals surface area contributed by atoms with Crippen molar-refractivity contribution in [3.63, 3.8) is 0 Å². The number of aromatic nitrogens is 1. The molecule has 0 aliphatic heterocycles. The molecule has 3 N–H and O–H groups in total. The number of hydrogen-bond acceptors (Lipinski definition) is 4. The SMILES string of the molecule is CCOc1ccc(NC(=O)N[C@H]2CC[C@@H](C(=O)O)C2)cn1. The van der Waals surface area contributed by atoms with E-state index < -0.39 is 5.97 Å². The van der Waals surface area contributed by atoms with Crippen molar-refractivity contribution >= 4 is 17.7 Å². The topological polar surface area (TPSA) is 101 Å². The van der Waals surface area contributed by atoms with Gasteiger partial charge in [-0.25, -0.2) is 9.78 Å². The number of carboxylic acid groups (broad SMARTS) is 1. The predicted octanol–water partition coefficient (Wildman–Crippen LogP) is 1.86. The van der Waals surface area contributed by atoms with Crippen molar-refractivity contribution in [1.82, 2.24) is 10.3 Å². The van der Waals surface area contributed by atoms with Crippen LogP contribution in [0.15, 0.2) is 18.3 Å². The first-order valence-electron chi connectivity index (χ1n) is 6.97. The highest BCUT2D eigenvalue weighted by Gasteiger charge is 2.30. The molecule has 0 aromatic carbocycles. The van der Waals surface area contributed by atoms with Gasteiger partial charge in [0, 0.05) is 12.1 Å². The molecule has 1 saturated carbocycles. The van der Waals surface area contributed by atoms with E-state index in [1.54, 1.807) is 12.1 Å². The second kappa shape index (κ2) is 6.92. The first kappa shape index (κ1) is 15.1. The Hall–Kier alpha value is -2.31. The Balaban J connectivity index is 1.80. The maximum absolute atomic E-state index is 11.8. The summed E-state index contributed by atoms with van der Waals surface area (Å²) in [5.74, 6) is -0.651. The van der Waals surface area contributed by atoms with Crippen LogP contribution in [0, 0.1) is 5.92 Å². The average molecular weight is 293 g/mol. The number of aliphatic carboxylic acids is 1. The van der Waals surface area contributed by atoms with Crippen molar-refractivity contribution in [2.45, 2.75) is 32.2 Å². The minimum absolute atomic E-state index is 0.0956. The fraction of sp³-hybridized carbons (Fsp3) is 0.500. The van der Waals surface area contributed by atoms with Gasteiger partial charge in [0.15, 0.2) is 0 Å². The molecule has 0 bridgehead atoms. The zero-order valence-electron chi connectivity index (χ0n) is 11.8. The van der Waals surface area contributed by atoms with E-state index in [1.165, 1.54) is 6.20 Å². The van der Waals surface area contributed by atoms with Crippen molar-refractivity contribution in [2.75, 3.05) is 11.9 Å². The smallest absolute Gasteiger partial charge is 0.319 e. The van der Waals surface area contributed by atoms with E-state index in [9.17, 15) is 9.59 Å². The van der Waals surface area contributed by atoms with Crippen molar-refractivity contribution in [3.8, 4) is 5.88 Å². The molecule has 0 unspecified atom stereocenters. The molecule has 1 aromatic heterocycles. The number of ether oxygens (including phenoxy) is 1. The number of hydrogen-bond donors (Lipinski definition) is 3. The number of urea groups is 1. The summed E-state index contributed by atoms with van der Waals surface area (Å²) < 4.78 is 5.21. The van der Waals surface area contributed by atoms with E-state index in [2.05, 4.69) is 15.6 Å². The molecule has 7 nitrogen and oxygen atoms in total. The quantitative estimate of drug-likeness (QED) is 0.769. The lowest BCUT2D eigenvalue weighted by molar-refractivity contribution is -0.141. The highest BCUT2D eigenvalue weighted by molar-refractivity contribution is 5.89. The molecule has 114 valence electrons. The molecule has 2 amide bonds. The summed E-state index contributed by atoms with van der Waals surface area (Å²) in [5, 5.41) is 14.4. The Morgan fingerprint density at radius 1 is 1.43 bits per heavy atom. The van der Waals surface area contributed by atoms with Crippen LogP contribution in [-0.2, 0) is 4.79 Å². The lowest BCUT2D eigenvalue weighted by Crippen LogP contribution is -2.36. The third-order valence-electron chi connectivity index (χ3n) is 3.40. The molecular formula is C14H19N3O4. The van der Waals surface area contributed by atoms with Crippen LogP contribution in [0.25, 0.3) is 0 Å². The normalized spacial score (nSPS) is 20.8. The van der Waals surface area contributed by atoms with Crippen LogP contribution in [0.2, 0.25) is 0 Å². The number of pyridine rings is 1. The molecule has 1 aromatic rings. The second-order valence-corrected chi connectivity index (χ2v) is 4.96. The summed E-state index contributed by atoms with van der Waals surface area (Å²) in [6.45, 7) is 2.40. The third kappa shape index (κ3) is 4.34. The van der Waals surface area contributed by atoms with E-state index in [0.29, 0.717) is 37.4 Å². The third-order valence-corrected chi connectivity index (χ3v) is 3.40. The van der Waals surface area contributed by atoms with Crippen molar-refractivity contribution in [2.24, 2.45) is 5.92 Å². The summed E-state index contributed by atoms with van der Waals surface area (Å²) in [6, 6.07) is 2.93. The monoisotopic (exact) mass is 293 g/mol. The number of rotatable bonds is 5. The minimum atomic E-state index is -0.796. The molecule has 1 aliphatic rings. The number of carboxylic acids is 1. The Kier molecular flexibility index (Phi) is 4.97. The van der Waals surface area contributed by atoms with Crippen LogP contribution in [0.5, 0.6) is 5.88 Å². The number of anilines is 1. The lowest BCUT2D eigenvalue weighted by Gasteiger charge is -2.13. The van der Waals surface area contributed by atoms with E-state index in [4.69, 9.17) is 9.84 Å². The molecule has 1 heterocycles. The lowest BCUT2D eigenvalue weighted by atomic mass is 10.1. The van der Waals surface area contributed by atoms with Gasteiger partial charge in [-0.15, -0.1) is 0 Å². The standard InChI is InChI=1S/C14H19N3O4/c1-2-21-12-6-5-11(8-15-12)17-14(20)16-10-4-3-9(7-10)13(18)19/h5-6,8-10H,2-4,7H2,1H3,(H,18,19)(H2,16,17,20)/t9-,10+/m1/s1. The summed E-state index contributed by atoms with van der Waals surface area (Å²) in [5.41, 5.74) is 0.559. The van der Waals surface area contributed by atoms with Crippen molar-refractivity contribution < 1.29 is 19.4 Å². The zero-order chi connectivity index (χ0) is 15.2. The molecule has 0 radical (unpaired) electrons. The Morgan fingerprint density at radius 3 is 2.81 bits per heavy atom. The largest absolute Gasteiger partial charge is 0.481 e. The van der Waals surface area contributed by atoms with Crippen LogP contribution in [0.3, 0.4) is 0 Å². The molecule has 0 saturated heterocycles. The number of nitrogens with zero attached hydrogens (tertiary/aromatic N) is 1. The highest BCUT2D eigenvalue weighted by atomic mass is 16.5. The average Bonchev–Trinajstić information content (AvgIpc) is 2.90. The van der Waals surface area contributed by atoms with Gasteiger partial charge in [0.05, 0.1) is 24.4 Å². The zero-order valence-corrected chi connectivity index (χ0v) is 11.8. The van der Waals surface area contributed by atoms with Gasteiger partial charge in [0.1, 0.15) is 0 Å². The van der Waals surface area contributed by atoms with Crippen LogP contribution in [0.1, 0.15) is 26.2 Å². The van der Waals surface area contributed by atoms with E-state index in [-0.39, 0.29) is 18.0 Å². The summed E-state index contributed by atoms with van der Waals surface area (Å²) in [7, 11) is 0. The van der Waals surface area contributed by atoms with Gasteiger partial charge >= 0.3 is 12.0 Å². The predicted molar refractivity (Wildman–Crippen MR) is 76.3 cm³/mol. The van der Waals surface area contributed by atoms with Crippen LogP contribution in [-0.4, -0.2) is 34.7 Å². The van der Waals surface area contributed by atoms with E-state index in [0.717, 1.165) is 0 Å². The van der Waals surface area contributed by atoms with Gasteiger partial charge in [0.25, 0.3) is 0 Å². The molecule has 7 heteroatoms. The van der Waals surface area contributed by atoms with E-state index >= 15 is 0 Å². The van der Waals surface area contributed by atoms with Gasteiger partial charge in [-0.3, -0.25) is 4.79 Å². The number of nitrogens with one attached hydrogen (secondary N) is 2. The number of amides is 2. The Morgan fingerprint density at radius 2 is 2.24 bits per heavy atom. The molecule has 21 heavy (non-hydrogen) atoms. The fourth-order valence-corrected chi connectivity index (χ4v) is 2.38. The molecule has 2 rings (SSSR count). The minimum Gasteiger partial charge on any atom is -0.481 e. The van der Waals surface area contributed by atoms with E-state index in [1.807, 2.05) is 6.92 Å². The number of carbonyl (C=O) groups is 2. The second-order valence-electron chi connectivity index (χ2n) is 4.96. The van der Waals surface area contributed by atoms with Crippen LogP contribution >= 0.6 is 0 Å². The van der Waals surface area contributed by atoms with Crippen molar-refractivity contribution in [3.05, 3.63) is 18.3 Å². The van der Waals surface area contributed by atoms with Crippen LogP contribution < -0.4 is 15.4 Å². The first-order chi connectivity index (χ1) is 10.1. The molecule has 2 atom stereocenters. The maximum Gasteiger partial charge on any atom is 0.319 e. The number of carbonyl (C=O) groups excluding carboxylic acids is 1.